The van der Waals surface area contributed by atoms with Gasteiger partial charge >= 0.3 is 0 Å². The van der Waals surface area contributed by atoms with Crippen LogP contribution in [0.15, 0.2) is 28.7 Å². The van der Waals surface area contributed by atoms with E-state index in [-0.39, 0.29) is 0 Å². The van der Waals surface area contributed by atoms with Crippen LogP contribution < -0.4 is 5.32 Å². The number of benzene rings is 1. The van der Waals surface area contributed by atoms with E-state index in [4.69, 9.17) is 4.98 Å². The van der Waals surface area contributed by atoms with E-state index in [0.29, 0.717) is 0 Å². The minimum absolute atomic E-state index is 0.758. The van der Waals surface area contributed by atoms with E-state index in [2.05, 4.69) is 38.4 Å². The first kappa shape index (κ1) is 12.9. The fraction of sp³-hybridized carbons (Fsp3) is 0.286. The van der Waals surface area contributed by atoms with Crippen molar-refractivity contribution in [1.82, 2.24) is 9.97 Å². The third-order valence-electron chi connectivity index (χ3n) is 3.17. The number of nitrogens with one attached hydrogen (secondary N) is 1. The number of fused-ring (bicyclic) bond motifs is 1. The van der Waals surface area contributed by atoms with Crippen molar-refractivity contribution in [2.75, 3.05) is 12.4 Å². The number of rotatable bonds is 3. The summed E-state index contributed by atoms with van der Waals surface area (Å²) in [5, 5.41) is 3.19. The Hall–Kier alpha value is -1.07. The fourth-order valence-electron chi connectivity index (χ4n) is 2.20. The summed E-state index contributed by atoms with van der Waals surface area (Å²) in [7, 11) is 1.92. The smallest absolute Gasteiger partial charge is 0.135 e. The van der Waals surface area contributed by atoms with Crippen LogP contribution in [0.2, 0.25) is 0 Å². The zero-order valence-electron chi connectivity index (χ0n) is 10.6. The number of anilines is 1. The first-order valence-corrected chi connectivity index (χ1v) is 8.10. The quantitative estimate of drug-likeness (QED) is 0.929. The van der Waals surface area contributed by atoms with Gasteiger partial charge in [-0.05, 0) is 11.6 Å². The van der Waals surface area contributed by atoms with Crippen LogP contribution in [0.3, 0.4) is 0 Å². The van der Waals surface area contributed by atoms with Gasteiger partial charge in [0.15, 0.2) is 0 Å². The van der Waals surface area contributed by atoms with Gasteiger partial charge in [0.2, 0.25) is 0 Å². The maximum absolute atomic E-state index is 4.71. The molecular weight excluding hydrogens is 322 g/mol. The maximum atomic E-state index is 4.71. The third kappa shape index (κ3) is 2.62. The lowest BCUT2D eigenvalue weighted by Gasteiger charge is -2.09. The normalized spacial score (nSPS) is 13.4. The highest BCUT2D eigenvalue weighted by Gasteiger charge is 2.19. The molecule has 2 aromatic rings. The summed E-state index contributed by atoms with van der Waals surface area (Å²) in [6.07, 6.45) is 0.758. The Morgan fingerprint density at radius 2 is 2.11 bits per heavy atom. The van der Waals surface area contributed by atoms with Crippen LogP contribution in [0.4, 0.5) is 5.82 Å². The van der Waals surface area contributed by atoms with Crippen LogP contribution in [0.5, 0.6) is 0 Å². The summed E-state index contributed by atoms with van der Waals surface area (Å²) < 4.78 is 1.11. The lowest BCUT2D eigenvalue weighted by atomic mass is 10.1. The molecule has 3 rings (SSSR count). The maximum Gasteiger partial charge on any atom is 0.135 e. The Bertz CT molecular complexity index is 616. The Morgan fingerprint density at radius 1 is 1.26 bits per heavy atom. The summed E-state index contributed by atoms with van der Waals surface area (Å²) in [6.45, 7) is 0. The Labute approximate surface area is 125 Å². The van der Waals surface area contributed by atoms with Gasteiger partial charge in [-0.15, -0.1) is 0 Å². The molecule has 0 aliphatic carbocycles. The second-order valence-corrected chi connectivity index (χ2v) is 6.26. The number of hydrogen-bond donors (Lipinski definition) is 1. The van der Waals surface area contributed by atoms with Gasteiger partial charge in [-0.2, -0.15) is 11.8 Å². The molecule has 0 saturated carbocycles. The van der Waals surface area contributed by atoms with Gasteiger partial charge in [0.05, 0.1) is 5.69 Å². The highest BCUT2D eigenvalue weighted by atomic mass is 79.9. The lowest BCUT2D eigenvalue weighted by molar-refractivity contribution is 0.927. The van der Waals surface area contributed by atoms with Crippen LogP contribution in [-0.4, -0.2) is 17.0 Å². The molecule has 0 amide bonds. The molecule has 0 fully saturated rings. The number of hydrogen-bond acceptors (Lipinski definition) is 4. The molecule has 1 N–H and O–H groups in total. The number of halogens is 1. The molecule has 0 unspecified atom stereocenters. The average molecular weight is 336 g/mol. The molecule has 1 aromatic carbocycles. The summed E-state index contributed by atoms with van der Waals surface area (Å²) in [5.74, 6) is 3.88. The Kier molecular flexibility index (Phi) is 3.75. The third-order valence-corrected chi connectivity index (χ3v) is 4.91. The zero-order chi connectivity index (χ0) is 13.2. The average Bonchev–Trinajstić information content (AvgIpc) is 2.89. The molecule has 2 heterocycles. The van der Waals surface area contributed by atoms with E-state index < -0.39 is 0 Å². The van der Waals surface area contributed by atoms with Crippen molar-refractivity contribution in [3.8, 4) is 0 Å². The molecule has 3 nitrogen and oxygen atoms in total. The van der Waals surface area contributed by atoms with Crippen LogP contribution in [0, 0.1) is 0 Å². The second kappa shape index (κ2) is 5.51. The van der Waals surface area contributed by atoms with Crippen LogP contribution >= 0.6 is 27.7 Å². The van der Waals surface area contributed by atoms with E-state index >= 15 is 0 Å². The van der Waals surface area contributed by atoms with E-state index in [0.717, 1.165) is 34.0 Å². The molecule has 5 heteroatoms. The summed E-state index contributed by atoms with van der Waals surface area (Å²) in [6, 6.07) is 8.22. The van der Waals surface area contributed by atoms with E-state index in [1.165, 1.54) is 16.8 Å². The summed E-state index contributed by atoms with van der Waals surface area (Å²) in [5.41, 5.74) is 3.67. The SMILES string of the molecule is CNc1nc(Cc2ccccc2Br)nc2c1CSC2. The second-order valence-electron chi connectivity index (χ2n) is 4.42. The Morgan fingerprint density at radius 3 is 2.89 bits per heavy atom. The highest BCUT2D eigenvalue weighted by molar-refractivity contribution is 9.10. The van der Waals surface area contributed by atoms with Gasteiger partial charge in [-0.25, -0.2) is 9.97 Å². The zero-order valence-corrected chi connectivity index (χ0v) is 13.0. The predicted octanol–water partition coefficient (Wildman–Crippen LogP) is 3.62. The van der Waals surface area contributed by atoms with Crippen molar-refractivity contribution >= 4 is 33.5 Å². The molecule has 1 aromatic heterocycles. The topological polar surface area (TPSA) is 37.8 Å². The standard InChI is InChI=1S/C14H14BrN3S/c1-16-14-10-7-19-8-12(10)17-13(18-14)6-9-4-2-3-5-11(9)15/h2-5H,6-8H2,1H3,(H,16,17,18). The van der Waals surface area contributed by atoms with Crippen molar-refractivity contribution in [2.45, 2.75) is 17.9 Å². The summed E-state index contributed by atoms with van der Waals surface area (Å²) in [4.78, 5) is 9.35. The molecule has 0 bridgehead atoms. The summed E-state index contributed by atoms with van der Waals surface area (Å²) >= 11 is 5.48. The van der Waals surface area contributed by atoms with Gasteiger partial charge in [0.25, 0.3) is 0 Å². The predicted molar refractivity (Wildman–Crippen MR) is 83.5 cm³/mol. The van der Waals surface area contributed by atoms with E-state index in [9.17, 15) is 0 Å². The van der Waals surface area contributed by atoms with Gasteiger partial charge in [-0.3, -0.25) is 0 Å². The largest absolute Gasteiger partial charge is 0.373 e. The van der Waals surface area contributed by atoms with E-state index in [1.54, 1.807) is 0 Å². The van der Waals surface area contributed by atoms with E-state index in [1.807, 2.05) is 30.9 Å². The van der Waals surface area contributed by atoms with Crippen molar-refractivity contribution in [2.24, 2.45) is 0 Å². The monoisotopic (exact) mass is 335 g/mol. The van der Waals surface area contributed by atoms with Crippen molar-refractivity contribution in [3.63, 3.8) is 0 Å². The van der Waals surface area contributed by atoms with Crippen LogP contribution in [-0.2, 0) is 17.9 Å². The lowest BCUT2D eigenvalue weighted by Crippen LogP contribution is -2.06. The Balaban J connectivity index is 1.96. The molecule has 1 aliphatic rings. The highest BCUT2D eigenvalue weighted by Crippen LogP contribution is 2.33. The fourth-order valence-corrected chi connectivity index (χ4v) is 3.67. The molecule has 98 valence electrons. The van der Waals surface area contributed by atoms with Crippen LogP contribution in [0.1, 0.15) is 22.6 Å². The molecule has 0 spiro atoms. The van der Waals surface area contributed by atoms with Crippen LogP contribution in [0.25, 0.3) is 0 Å². The molecule has 19 heavy (non-hydrogen) atoms. The minimum Gasteiger partial charge on any atom is -0.373 e. The number of aromatic nitrogens is 2. The first-order valence-electron chi connectivity index (χ1n) is 6.15. The molecule has 0 saturated heterocycles. The molecule has 1 aliphatic heterocycles. The van der Waals surface area contributed by atoms with Crippen molar-refractivity contribution in [3.05, 3.63) is 51.4 Å². The first-order chi connectivity index (χ1) is 9.28. The molecule has 0 atom stereocenters. The van der Waals surface area contributed by atoms with Gasteiger partial charge in [0, 0.05) is 35.0 Å². The van der Waals surface area contributed by atoms with Gasteiger partial charge < -0.3 is 5.32 Å². The van der Waals surface area contributed by atoms with Crippen molar-refractivity contribution < 1.29 is 0 Å². The van der Waals surface area contributed by atoms with Gasteiger partial charge in [-0.1, -0.05) is 34.1 Å². The minimum atomic E-state index is 0.758. The number of nitrogens with zero attached hydrogens (tertiary/aromatic N) is 2. The van der Waals surface area contributed by atoms with Crippen molar-refractivity contribution in [1.29, 1.82) is 0 Å². The molecular formula is C14H14BrN3S. The number of thioether (sulfide) groups is 1. The molecule has 0 radical (unpaired) electrons. The van der Waals surface area contributed by atoms with Gasteiger partial charge in [0.1, 0.15) is 11.6 Å².